The minimum Gasteiger partial charge on any atom is -0.489 e. The molecule has 4 aromatic carbocycles. The highest BCUT2D eigenvalue weighted by Crippen LogP contribution is 2.59. The van der Waals surface area contributed by atoms with Crippen molar-refractivity contribution in [1.29, 1.82) is 0 Å². The maximum absolute atomic E-state index is 6.34. The van der Waals surface area contributed by atoms with Crippen molar-refractivity contribution in [2.45, 2.75) is 17.7 Å². The quantitative estimate of drug-likeness (QED) is 0.185. The molecule has 0 aliphatic carbocycles. The SMILES string of the molecule is C1=COC(c2cccc3c2C(c2cc4ccccc4nn2)N(c2cnc4ccccc4n2)C3(c2cc3ncccc3[nH]2)c2[nH]nc3ccccc23)C=C1. The Hall–Kier alpha value is -7.20. The number of ether oxygens (including phenoxy) is 1. The minimum absolute atomic E-state index is 0.353. The molecule has 0 saturated carbocycles. The summed E-state index contributed by atoms with van der Waals surface area (Å²) >= 11 is 0. The molecule has 5 aromatic heterocycles. The Balaban J connectivity index is 1.33. The van der Waals surface area contributed by atoms with Gasteiger partial charge in [0.25, 0.3) is 0 Å². The molecule has 3 unspecified atom stereocenters. The highest BCUT2D eigenvalue weighted by Gasteiger charge is 2.58. The summed E-state index contributed by atoms with van der Waals surface area (Å²) in [7, 11) is 0. The Morgan fingerprint density at radius 2 is 1.57 bits per heavy atom. The van der Waals surface area contributed by atoms with Crippen LogP contribution in [0.25, 0.3) is 43.9 Å². The average Bonchev–Trinajstić information content (AvgIpc) is 3.94. The summed E-state index contributed by atoms with van der Waals surface area (Å²) in [6, 6.07) is 38.4. The van der Waals surface area contributed by atoms with E-state index in [9.17, 15) is 0 Å². The van der Waals surface area contributed by atoms with Crippen molar-refractivity contribution in [1.82, 2.24) is 40.3 Å². The number of allylic oxidation sites excluding steroid dienone is 2. The number of rotatable bonds is 5. The van der Waals surface area contributed by atoms with Crippen LogP contribution in [0.2, 0.25) is 0 Å². The summed E-state index contributed by atoms with van der Waals surface area (Å²) in [5.74, 6) is 0.649. The zero-order chi connectivity index (χ0) is 34.9. The number of para-hydroxylation sites is 3. The van der Waals surface area contributed by atoms with E-state index in [2.05, 4.69) is 69.6 Å². The molecule has 0 radical (unpaired) electrons. The summed E-state index contributed by atoms with van der Waals surface area (Å²) in [6.45, 7) is 0. The number of H-pyrrole nitrogens is 2. The maximum Gasteiger partial charge on any atom is 0.151 e. The van der Waals surface area contributed by atoms with Gasteiger partial charge < -0.3 is 14.6 Å². The van der Waals surface area contributed by atoms with Crippen LogP contribution in [0, 0.1) is 0 Å². The smallest absolute Gasteiger partial charge is 0.151 e. The van der Waals surface area contributed by atoms with E-state index in [1.54, 1.807) is 6.26 Å². The summed E-state index contributed by atoms with van der Waals surface area (Å²) < 4.78 is 6.34. The molecule has 0 bridgehead atoms. The lowest BCUT2D eigenvalue weighted by atomic mass is 9.80. The zero-order valence-electron chi connectivity index (χ0n) is 28.1. The number of fused-ring (bicyclic) bond motifs is 5. The normalized spacial score (nSPS) is 19.4. The van der Waals surface area contributed by atoms with Gasteiger partial charge in [-0.3, -0.25) is 15.1 Å². The van der Waals surface area contributed by atoms with Crippen LogP contribution in [-0.4, -0.2) is 40.3 Å². The third kappa shape index (κ3) is 4.32. The Bertz CT molecular complexity index is 2910. The third-order valence-electron chi connectivity index (χ3n) is 10.5. The van der Waals surface area contributed by atoms with Crippen LogP contribution in [0.3, 0.4) is 0 Å². The molecule has 2 aliphatic heterocycles. The molecule has 252 valence electrons. The molecule has 7 heterocycles. The van der Waals surface area contributed by atoms with Crippen LogP contribution in [-0.2, 0) is 10.3 Å². The van der Waals surface area contributed by atoms with Gasteiger partial charge >= 0.3 is 0 Å². The molecule has 2 N–H and O–H groups in total. The monoisotopic (exact) mass is 687 g/mol. The van der Waals surface area contributed by atoms with Crippen molar-refractivity contribution < 1.29 is 4.74 Å². The van der Waals surface area contributed by atoms with Gasteiger partial charge in [0.1, 0.15) is 18.0 Å². The number of aromatic amines is 2. The highest BCUT2D eigenvalue weighted by molar-refractivity contribution is 5.89. The van der Waals surface area contributed by atoms with Crippen molar-refractivity contribution in [3.8, 4) is 0 Å². The Kier molecular flexibility index (Phi) is 6.35. The van der Waals surface area contributed by atoms with Gasteiger partial charge in [0, 0.05) is 22.5 Å². The van der Waals surface area contributed by atoms with Gasteiger partial charge in [0.05, 0.1) is 62.6 Å². The lowest BCUT2D eigenvalue weighted by molar-refractivity contribution is 0.185. The van der Waals surface area contributed by atoms with Crippen LogP contribution in [0.4, 0.5) is 5.82 Å². The summed E-state index contributed by atoms with van der Waals surface area (Å²) in [5.41, 5.74) is 9.43. The van der Waals surface area contributed by atoms with Crippen molar-refractivity contribution >= 4 is 49.7 Å². The Morgan fingerprint density at radius 1 is 0.717 bits per heavy atom. The van der Waals surface area contributed by atoms with Gasteiger partial charge in [-0.1, -0.05) is 72.8 Å². The standard InChI is InChI=1S/C43H29N9O/c1-3-15-30-26(11-1)23-36(50-48-30)41-40-28(37-20-7-8-22-53-37)13-9-14-29(40)43(38-24-35-34(46-38)19-10-21-44-35,42-27-12-2-4-16-31(27)49-51-42)52(41)39-25-45-32-17-5-6-18-33(32)47-39/h1-25,37,41,46H,(H,49,51). The number of nitrogens with one attached hydrogen (secondary N) is 2. The van der Waals surface area contributed by atoms with Crippen molar-refractivity contribution in [2.24, 2.45) is 0 Å². The van der Waals surface area contributed by atoms with E-state index in [1.165, 1.54) is 0 Å². The van der Waals surface area contributed by atoms with Crippen molar-refractivity contribution in [3.05, 3.63) is 186 Å². The predicted octanol–water partition coefficient (Wildman–Crippen LogP) is 8.37. The number of nitrogens with zero attached hydrogens (tertiary/aromatic N) is 7. The van der Waals surface area contributed by atoms with Crippen molar-refractivity contribution in [2.75, 3.05) is 4.90 Å². The number of hydrogen-bond donors (Lipinski definition) is 2. The molecule has 10 nitrogen and oxygen atoms in total. The molecular weight excluding hydrogens is 659 g/mol. The zero-order valence-corrected chi connectivity index (χ0v) is 28.1. The second-order valence-electron chi connectivity index (χ2n) is 13.3. The van der Waals surface area contributed by atoms with E-state index in [-0.39, 0.29) is 6.10 Å². The topological polar surface area (TPSA) is 121 Å². The summed E-state index contributed by atoms with van der Waals surface area (Å²) in [5, 5.41) is 20.2. The van der Waals surface area contributed by atoms with E-state index >= 15 is 0 Å². The van der Waals surface area contributed by atoms with E-state index in [1.807, 2.05) is 91.3 Å². The van der Waals surface area contributed by atoms with Crippen LogP contribution in [0.15, 0.2) is 152 Å². The number of benzene rings is 4. The molecule has 3 atom stereocenters. The summed E-state index contributed by atoms with van der Waals surface area (Å²) in [6.07, 6.45) is 11.1. The first kappa shape index (κ1) is 29.5. The van der Waals surface area contributed by atoms with Gasteiger partial charge in [-0.25, -0.2) is 4.98 Å². The fourth-order valence-corrected chi connectivity index (χ4v) is 8.30. The number of anilines is 1. The predicted molar refractivity (Wildman–Crippen MR) is 204 cm³/mol. The molecule has 0 amide bonds. The van der Waals surface area contributed by atoms with Gasteiger partial charge in [-0.05, 0) is 71.8 Å². The van der Waals surface area contributed by atoms with Crippen LogP contribution in [0.5, 0.6) is 0 Å². The van der Waals surface area contributed by atoms with Gasteiger partial charge in [-0.15, -0.1) is 0 Å². The molecule has 0 fully saturated rings. The van der Waals surface area contributed by atoms with Crippen LogP contribution in [0.1, 0.15) is 45.9 Å². The second kappa shape index (κ2) is 11.4. The molecule has 10 heteroatoms. The first-order valence-electron chi connectivity index (χ1n) is 17.5. The number of hydrogen-bond acceptors (Lipinski definition) is 8. The fraction of sp³-hybridized carbons (Fsp3) is 0.0698. The lowest BCUT2D eigenvalue weighted by Crippen LogP contribution is -2.46. The average molecular weight is 688 g/mol. The largest absolute Gasteiger partial charge is 0.489 e. The molecule has 0 saturated heterocycles. The van der Waals surface area contributed by atoms with Crippen molar-refractivity contribution in [3.63, 3.8) is 0 Å². The lowest BCUT2D eigenvalue weighted by Gasteiger charge is -2.41. The third-order valence-corrected chi connectivity index (χ3v) is 10.5. The first-order chi connectivity index (χ1) is 26.3. The number of pyridine rings is 1. The molecule has 0 spiro atoms. The molecule has 9 aromatic rings. The van der Waals surface area contributed by atoms with Crippen LogP contribution >= 0.6 is 0 Å². The molecule has 2 aliphatic rings. The van der Waals surface area contributed by atoms with E-state index in [0.717, 1.165) is 77.6 Å². The fourth-order valence-electron chi connectivity index (χ4n) is 8.30. The van der Waals surface area contributed by atoms with Gasteiger partial charge in [0.2, 0.25) is 0 Å². The van der Waals surface area contributed by atoms with Gasteiger partial charge in [0.15, 0.2) is 5.54 Å². The highest BCUT2D eigenvalue weighted by atomic mass is 16.5. The van der Waals surface area contributed by atoms with E-state index in [0.29, 0.717) is 5.82 Å². The van der Waals surface area contributed by atoms with E-state index in [4.69, 9.17) is 35.0 Å². The Morgan fingerprint density at radius 3 is 2.45 bits per heavy atom. The minimum atomic E-state index is -1.09. The van der Waals surface area contributed by atoms with E-state index < -0.39 is 11.6 Å². The maximum atomic E-state index is 6.34. The van der Waals surface area contributed by atoms with Gasteiger partial charge in [-0.2, -0.15) is 15.3 Å². The molecule has 53 heavy (non-hydrogen) atoms. The number of aromatic nitrogens is 8. The Labute approximate surface area is 302 Å². The second-order valence-corrected chi connectivity index (χ2v) is 13.3. The first-order valence-corrected chi connectivity index (χ1v) is 17.5. The molecule has 11 rings (SSSR count). The van der Waals surface area contributed by atoms with Crippen LogP contribution < -0.4 is 4.90 Å². The molecular formula is C43H29N9O. The summed E-state index contributed by atoms with van der Waals surface area (Å²) in [4.78, 5) is 21.3.